The average molecular weight is 334 g/mol. The van der Waals surface area contributed by atoms with Crippen molar-refractivity contribution in [3.63, 3.8) is 0 Å². The number of nitrogens with one attached hydrogen (secondary N) is 2. The maximum Gasteiger partial charge on any atom is 0.422 e. The Balaban J connectivity index is 2.64. The second-order valence-corrected chi connectivity index (χ2v) is 5.48. The third-order valence-corrected chi connectivity index (χ3v) is 3.06. The summed E-state index contributed by atoms with van der Waals surface area (Å²) in [5.41, 5.74) is -0.470. The number of anilines is 1. The molecule has 5 nitrogen and oxygen atoms in total. The van der Waals surface area contributed by atoms with E-state index < -0.39 is 24.4 Å². The molecule has 23 heavy (non-hydrogen) atoms. The Morgan fingerprint density at radius 3 is 2.61 bits per heavy atom. The summed E-state index contributed by atoms with van der Waals surface area (Å²) < 4.78 is 41.0. The molecule has 130 valence electrons. The molecular weight excluding hydrogens is 313 g/mol. The number of aliphatic hydroxyl groups is 1. The maximum absolute atomic E-state index is 12.1. The first kappa shape index (κ1) is 19.1. The normalized spacial score (nSPS) is 14.0. The van der Waals surface area contributed by atoms with Crippen molar-refractivity contribution in [3.8, 4) is 5.75 Å². The molecule has 0 bridgehead atoms. The number of aliphatic hydroxyl groups excluding tert-OH is 1. The molecule has 1 atom stereocenters. The summed E-state index contributed by atoms with van der Waals surface area (Å²) in [4.78, 5) is 11.9. The number of hydrogen-bond acceptors (Lipinski definition) is 3. The highest BCUT2D eigenvalue weighted by Crippen LogP contribution is 2.21. The molecule has 0 saturated carbocycles. The Labute approximate surface area is 132 Å². The van der Waals surface area contributed by atoms with Crippen LogP contribution in [0.5, 0.6) is 5.75 Å². The van der Waals surface area contributed by atoms with Crippen molar-refractivity contribution in [3.05, 3.63) is 24.3 Å². The van der Waals surface area contributed by atoms with Crippen LogP contribution in [-0.2, 0) is 0 Å². The maximum atomic E-state index is 12.1. The van der Waals surface area contributed by atoms with E-state index in [-0.39, 0.29) is 12.4 Å². The number of halogens is 3. The number of benzene rings is 1. The zero-order valence-corrected chi connectivity index (χ0v) is 13.0. The lowest BCUT2D eigenvalue weighted by Crippen LogP contribution is -2.50. The summed E-state index contributed by atoms with van der Waals surface area (Å²) in [6.45, 7) is 2.01. The predicted molar refractivity (Wildman–Crippen MR) is 80.5 cm³/mol. The molecule has 1 unspecified atom stereocenters. The number of hydrogen-bond donors (Lipinski definition) is 3. The van der Waals surface area contributed by atoms with Gasteiger partial charge in [-0.25, -0.2) is 4.79 Å². The van der Waals surface area contributed by atoms with Crippen LogP contribution in [0.25, 0.3) is 0 Å². The largest absolute Gasteiger partial charge is 0.484 e. The summed E-state index contributed by atoms with van der Waals surface area (Å²) in [6.07, 6.45) is -3.06. The van der Waals surface area contributed by atoms with Gasteiger partial charge in [0.25, 0.3) is 0 Å². The summed E-state index contributed by atoms with van der Waals surface area (Å²) in [5, 5.41) is 14.5. The molecule has 0 aliphatic carbocycles. The lowest BCUT2D eigenvalue weighted by atomic mass is 9.98. The molecule has 0 aromatic heterocycles. The number of urea groups is 1. The van der Waals surface area contributed by atoms with Crippen molar-refractivity contribution in [1.82, 2.24) is 5.32 Å². The number of ether oxygens (including phenoxy) is 1. The zero-order chi connectivity index (χ0) is 17.5. The minimum absolute atomic E-state index is 0.00129. The second-order valence-electron chi connectivity index (χ2n) is 5.48. The van der Waals surface area contributed by atoms with Crippen LogP contribution in [0.1, 0.15) is 26.7 Å². The minimum Gasteiger partial charge on any atom is -0.484 e. The highest BCUT2D eigenvalue weighted by molar-refractivity contribution is 5.89. The van der Waals surface area contributed by atoms with Crippen LogP contribution in [0, 0.1) is 0 Å². The third kappa shape index (κ3) is 7.23. The number of carbonyl (C=O) groups excluding carboxylic acids is 1. The smallest absolute Gasteiger partial charge is 0.422 e. The van der Waals surface area contributed by atoms with Gasteiger partial charge in [0.15, 0.2) is 6.61 Å². The van der Waals surface area contributed by atoms with Gasteiger partial charge in [-0.15, -0.1) is 0 Å². The van der Waals surface area contributed by atoms with Gasteiger partial charge >= 0.3 is 12.2 Å². The van der Waals surface area contributed by atoms with E-state index in [1.165, 1.54) is 24.3 Å². The Hall–Kier alpha value is -1.96. The van der Waals surface area contributed by atoms with Gasteiger partial charge in [0.1, 0.15) is 5.75 Å². The predicted octanol–water partition coefficient (Wildman–Crippen LogP) is 3.30. The van der Waals surface area contributed by atoms with Gasteiger partial charge in [-0.2, -0.15) is 13.2 Å². The van der Waals surface area contributed by atoms with Gasteiger partial charge < -0.3 is 20.5 Å². The lowest BCUT2D eigenvalue weighted by molar-refractivity contribution is -0.153. The van der Waals surface area contributed by atoms with Crippen molar-refractivity contribution in [2.75, 3.05) is 18.5 Å². The van der Waals surface area contributed by atoms with Crippen LogP contribution >= 0.6 is 0 Å². The second kappa shape index (κ2) is 8.05. The molecule has 1 aromatic rings. The van der Waals surface area contributed by atoms with Crippen LogP contribution < -0.4 is 15.4 Å². The van der Waals surface area contributed by atoms with Crippen LogP contribution in [0.2, 0.25) is 0 Å². The van der Waals surface area contributed by atoms with Gasteiger partial charge in [0, 0.05) is 11.8 Å². The van der Waals surface area contributed by atoms with E-state index >= 15 is 0 Å². The van der Waals surface area contributed by atoms with Gasteiger partial charge in [-0.1, -0.05) is 19.4 Å². The van der Waals surface area contributed by atoms with Crippen molar-refractivity contribution < 1.29 is 27.8 Å². The monoisotopic (exact) mass is 334 g/mol. The van der Waals surface area contributed by atoms with E-state index in [4.69, 9.17) is 0 Å². The Morgan fingerprint density at radius 2 is 2.04 bits per heavy atom. The molecule has 0 aliphatic rings. The number of rotatable bonds is 7. The summed E-state index contributed by atoms with van der Waals surface area (Å²) >= 11 is 0. The van der Waals surface area contributed by atoms with Gasteiger partial charge in [0.05, 0.1) is 12.1 Å². The first-order valence-electron chi connectivity index (χ1n) is 7.17. The SMILES string of the molecule is CCCC(C)(CO)NC(=O)Nc1cccc(OCC(F)(F)F)c1. The third-order valence-electron chi connectivity index (χ3n) is 3.06. The molecule has 0 aliphatic heterocycles. The van der Waals surface area contributed by atoms with E-state index in [0.717, 1.165) is 6.42 Å². The van der Waals surface area contributed by atoms with Gasteiger partial charge in [-0.05, 0) is 25.5 Å². The molecular formula is C15H21F3N2O3. The molecule has 0 radical (unpaired) electrons. The quantitative estimate of drug-likeness (QED) is 0.716. The van der Waals surface area contributed by atoms with Crippen LogP contribution in [-0.4, -0.2) is 36.1 Å². The molecule has 3 N–H and O–H groups in total. The average Bonchev–Trinajstić information content (AvgIpc) is 2.45. The number of carbonyl (C=O) groups is 1. The van der Waals surface area contributed by atoms with E-state index in [1.807, 2.05) is 6.92 Å². The summed E-state index contributed by atoms with van der Waals surface area (Å²) in [5.74, 6) is -0.00129. The van der Waals surface area contributed by atoms with Crippen molar-refractivity contribution in [2.45, 2.75) is 38.4 Å². The lowest BCUT2D eigenvalue weighted by Gasteiger charge is -2.28. The molecule has 0 fully saturated rings. The van der Waals surface area contributed by atoms with Crippen LogP contribution in [0.3, 0.4) is 0 Å². The minimum atomic E-state index is -4.43. The van der Waals surface area contributed by atoms with Crippen molar-refractivity contribution >= 4 is 11.7 Å². The summed E-state index contributed by atoms with van der Waals surface area (Å²) in [7, 11) is 0. The zero-order valence-electron chi connectivity index (χ0n) is 13.0. The number of amides is 2. The summed E-state index contributed by atoms with van der Waals surface area (Å²) in [6, 6.07) is 5.10. The molecule has 2 amide bonds. The van der Waals surface area contributed by atoms with E-state index in [9.17, 15) is 23.1 Å². The fourth-order valence-electron chi connectivity index (χ4n) is 2.00. The standard InChI is InChI=1S/C15H21F3N2O3/c1-3-7-14(2,9-21)20-13(22)19-11-5-4-6-12(8-11)23-10-15(16,17)18/h4-6,8,21H,3,7,9-10H2,1-2H3,(H2,19,20,22). The first-order valence-corrected chi connectivity index (χ1v) is 7.17. The van der Waals surface area contributed by atoms with E-state index in [0.29, 0.717) is 12.1 Å². The topological polar surface area (TPSA) is 70.6 Å². The highest BCUT2D eigenvalue weighted by atomic mass is 19.4. The molecule has 1 rings (SSSR count). The molecule has 8 heteroatoms. The Kier molecular flexibility index (Phi) is 6.68. The van der Waals surface area contributed by atoms with Crippen molar-refractivity contribution in [2.24, 2.45) is 0 Å². The number of alkyl halides is 3. The fourth-order valence-corrected chi connectivity index (χ4v) is 2.00. The first-order chi connectivity index (χ1) is 10.7. The molecule has 0 spiro atoms. The highest BCUT2D eigenvalue weighted by Gasteiger charge is 2.28. The van der Waals surface area contributed by atoms with Gasteiger partial charge in [0.2, 0.25) is 0 Å². The van der Waals surface area contributed by atoms with Crippen LogP contribution in [0.15, 0.2) is 24.3 Å². The Bertz CT molecular complexity index is 523. The molecule has 1 aromatic carbocycles. The Morgan fingerprint density at radius 1 is 1.35 bits per heavy atom. The van der Waals surface area contributed by atoms with E-state index in [1.54, 1.807) is 6.92 Å². The molecule has 0 saturated heterocycles. The van der Waals surface area contributed by atoms with Gasteiger partial charge in [-0.3, -0.25) is 0 Å². The van der Waals surface area contributed by atoms with Crippen LogP contribution in [0.4, 0.5) is 23.7 Å². The fraction of sp³-hybridized carbons (Fsp3) is 0.533. The molecule has 0 heterocycles. The van der Waals surface area contributed by atoms with Crippen molar-refractivity contribution in [1.29, 1.82) is 0 Å². The van der Waals surface area contributed by atoms with E-state index in [2.05, 4.69) is 15.4 Å².